The van der Waals surface area contributed by atoms with Crippen molar-refractivity contribution in [1.29, 1.82) is 0 Å². The van der Waals surface area contributed by atoms with Gasteiger partial charge in [-0.05, 0) is 44.0 Å². The molecule has 0 aromatic heterocycles. The Balaban J connectivity index is 1.76. The molecule has 2 aromatic carbocycles. The number of hydrogen-bond donors (Lipinski definition) is 0. The molecular formula is C34H48Cl2N2O5. The Hall–Kier alpha value is -2.64. The van der Waals surface area contributed by atoms with E-state index >= 15 is 0 Å². The average molecular weight is 636 g/mol. The zero-order valence-electron chi connectivity index (χ0n) is 26.0. The molecule has 0 bridgehead atoms. The molecule has 0 aliphatic carbocycles. The van der Waals surface area contributed by atoms with Gasteiger partial charge in [-0.25, -0.2) is 9.59 Å². The van der Waals surface area contributed by atoms with E-state index < -0.39 is 18.0 Å². The molecule has 43 heavy (non-hydrogen) atoms. The van der Waals surface area contributed by atoms with Crippen LogP contribution in [0.4, 0.5) is 11.4 Å². The summed E-state index contributed by atoms with van der Waals surface area (Å²) in [6.07, 6.45) is 15.7. The summed E-state index contributed by atoms with van der Waals surface area (Å²) in [5.74, 6) is -0.583. The minimum absolute atomic E-state index is 0.279. The molecule has 0 amide bonds. The van der Waals surface area contributed by atoms with Crippen molar-refractivity contribution in [2.24, 2.45) is 10.2 Å². The van der Waals surface area contributed by atoms with Gasteiger partial charge in [-0.1, -0.05) is 114 Å². The first kappa shape index (κ1) is 36.6. The molecule has 1 atom stereocenters. The van der Waals surface area contributed by atoms with Crippen molar-refractivity contribution in [3.8, 4) is 5.75 Å². The number of azo groups is 1. The van der Waals surface area contributed by atoms with Crippen molar-refractivity contribution >= 4 is 46.5 Å². The number of benzene rings is 2. The predicted octanol–water partition coefficient (Wildman–Crippen LogP) is 11.4. The maximum absolute atomic E-state index is 12.4. The molecule has 0 N–H and O–H groups in total. The number of rotatable bonds is 22. The lowest BCUT2D eigenvalue weighted by atomic mass is 10.1. The third-order valence-corrected chi connectivity index (χ3v) is 7.56. The molecule has 0 aliphatic heterocycles. The molecule has 2 rings (SSSR count). The fraction of sp³-hybridized carbons (Fsp3) is 0.588. The van der Waals surface area contributed by atoms with Gasteiger partial charge in [0.1, 0.15) is 11.4 Å². The Kier molecular flexibility index (Phi) is 18.7. The SMILES string of the molecule is CCCCCCCCCCCCOc1cc(Cl)c(N=Nc2ccc(C(=O)O[C@@H](C)C(=O)OCCCCCC)cc2)c(Cl)c1. The lowest BCUT2D eigenvalue weighted by Gasteiger charge is -2.13. The number of nitrogens with zero attached hydrogens (tertiary/aromatic N) is 2. The van der Waals surface area contributed by atoms with Crippen LogP contribution < -0.4 is 4.74 Å². The van der Waals surface area contributed by atoms with E-state index in [1.54, 1.807) is 36.4 Å². The van der Waals surface area contributed by atoms with Crippen LogP contribution in [0.15, 0.2) is 46.6 Å². The molecule has 2 aromatic rings. The third-order valence-electron chi connectivity index (χ3n) is 6.98. The van der Waals surface area contributed by atoms with Crippen LogP contribution in [-0.4, -0.2) is 31.3 Å². The highest BCUT2D eigenvalue weighted by atomic mass is 35.5. The lowest BCUT2D eigenvalue weighted by Crippen LogP contribution is -2.26. The van der Waals surface area contributed by atoms with Crippen LogP contribution >= 0.6 is 23.2 Å². The molecule has 0 heterocycles. The van der Waals surface area contributed by atoms with Gasteiger partial charge in [-0.15, -0.1) is 5.11 Å². The van der Waals surface area contributed by atoms with E-state index in [-0.39, 0.29) is 5.56 Å². The number of ether oxygens (including phenoxy) is 3. The van der Waals surface area contributed by atoms with E-state index in [1.807, 2.05) is 0 Å². The van der Waals surface area contributed by atoms with Crippen LogP contribution in [0.3, 0.4) is 0 Å². The number of carbonyl (C=O) groups excluding carboxylic acids is 2. The van der Waals surface area contributed by atoms with Crippen molar-refractivity contribution in [1.82, 2.24) is 0 Å². The topological polar surface area (TPSA) is 86.5 Å². The molecular weight excluding hydrogens is 587 g/mol. The maximum Gasteiger partial charge on any atom is 0.347 e. The Morgan fingerprint density at radius 1 is 0.721 bits per heavy atom. The number of carbonyl (C=O) groups is 2. The van der Waals surface area contributed by atoms with E-state index in [2.05, 4.69) is 24.1 Å². The van der Waals surface area contributed by atoms with Crippen molar-refractivity contribution < 1.29 is 23.8 Å². The van der Waals surface area contributed by atoms with Crippen LogP contribution in [0.1, 0.15) is 121 Å². The van der Waals surface area contributed by atoms with E-state index in [0.29, 0.717) is 40.4 Å². The summed E-state index contributed by atoms with van der Waals surface area (Å²) in [6.45, 7) is 6.79. The van der Waals surface area contributed by atoms with Gasteiger partial charge in [0.05, 0.1) is 34.5 Å². The van der Waals surface area contributed by atoms with E-state index in [0.717, 1.165) is 38.5 Å². The normalized spacial score (nSPS) is 11.9. The second-order valence-electron chi connectivity index (χ2n) is 10.8. The van der Waals surface area contributed by atoms with Gasteiger partial charge in [0.15, 0.2) is 6.10 Å². The minimum atomic E-state index is -0.996. The smallest absolute Gasteiger partial charge is 0.347 e. The van der Waals surface area contributed by atoms with Crippen LogP contribution in [0, 0.1) is 0 Å². The van der Waals surface area contributed by atoms with E-state index in [9.17, 15) is 9.59 Å². The number of unbranched alkanes of at least 4 members (excludes halogenated alkanes) is 12. The van der Waals surface area contributed by atoms with Gasteiger partial charge in [0.25, 0.3) is 0 Å². The van der Waals surface area contributed by atoms with Crippen molar-refractivity contribution in [2.75, 3.05) is 13.2 Å². The highest BCUT2D eigenvalue weighted by Gasteiger charge is 2.20. The van der Waals surface area contributed by atoms with Gasteiger partial charge in [0.2, 0.25) is 0 Å². The van der Waals surface area contributed by atoms with Crippen LogP contribution in [0.25, 0.3) is 0 Å². The summed E-state index contributed by atoms with van der Waals surface area (Å²) >= 11 is 12.8. The molecule has 0 unspecified atom stereocenters. The van der Waals surface area contributed by atoms with Crippen LogP contribution in [0.5, 0.6) is 5.75 Å². The molecule has 0 aliphatic rings. The summed E-state index contributed by atoms with van der Waals surface area (Å²) in [4.78, 5) is 24.5. The fourth-order valence-corrected chi connectivity index (χ4v) is 4.91. The number of hydrogen-bond acceptors (Lipinski definition) is 7. The Morgan fingerprint density at radius 3 is 1.81 bits per heavy atom. The average Bonchev–Trinajstić information content (AvgIpc) is 2.99. The maximum atomic E-state index is 12.4. The summed E-state index contributed by atoms with van der Waals surface area (Å²) in [5, 5.41) is 9.06. The minimum Gasteiger partial charge on any atom is -0.493 e. The first-order valence-electron chi connectivity index (χ1n) is 15.9. The van der Waals surface area contributed by atoms with Gasteiger partial charge in [-0.2, -0.15) is 5.11 Å². The first-order chi connectivity index (χ1) is 20.8. The van der Waals surface area contributed by atoms with Crippen LogP contribution in [-0.2, 0) is 14.3 Å². The molecule has 7 nitrogen and oxygen atoms in total. The van der Waals surface area contributed by atoms with E-state index in [1.165, 1.54) is 58.3 Å². The largest absolute Gasteiger partial charge is 0.493 e. The monoisotopic (exact) mass is 634 g/mol. The van der Waals surface area contributed by atoms with Crippen LogP contribution in [0.2, 0.25) is 10.0 Å². The Morgan fingerprint density at radius 2 is 1.23 bits per heavy atom. The molecule has 0 radical (unpaired) electrons. The summed E-state index contributed by atoms with van der Waals surface area (Å²) in [5.41, 5.74) is 1.10. The first-order valence-corrected chi connectivity index (χ1v) is 16.6. The van der Waals surface area contributed by atoms with Crippen molar-refractivity contribution in [3.63, 3.8) is 0 Å². The zero-order chi connectivity index (χ0) is 31.3. The number of halogens is 2. The quantitative estimate of drug-likeness (QED) is 0.0730. The molecule has 9 heteroatoms. The molecule has 0 saturated heterocycles. The molecule has 0 spiro atoms. The third kappa shape index (κ3) is 15.1. The molecule has 0 saturated carbocycles. The molecule has 0 fully saturated rings. The molecule has 238 valence electrons. The highest BCUT2D eigenvalue weighted by molar-refractivity contribution is 6.38. The zero-order valence-corrected chi connectivity index (χ0v) is 27.6. The van der Waals surface area contributed by atoms with Gasteiger partial charge in [0, 0.05) is 12.1 Å². The Bertz CT molecular complexity index is 1100. The Labute approximate surface area is 267 Å². The van der Waals surface area contributed by atoms with Crippen molar-refractivity contribution in [2.45, 2.75) is 117 Å². The van der Waals surface area contributed by atoms with Gasteiger partial charge in [-0.3, -0.25) is 0 Å². The lowest BCUT2D eigenvalue weighted by molar-refractivity contribution is -0.153. The highest BCUT2D eigenvalue weighted by Crippen LogP contribution is 2.38. The second-order valence-corrected chi connectivity index (χ2v) is 11.6. The fourth-order valence-electron chi connectivity index (χ4n) is 4.37. The standard InChI is InChI=1S/C34H48Cl2N2O5/c1-4-6-8-10-11-12-13-14-15-17-22-41-29-24-30(35)32(31(36)25-29)38-37-28-20-18-27(19-21-28)34(40)43-26(3)33(39)42-23-16-9-7-5-2/h18-21,24-26H,4-17,22-23H2,1-3H3/t26-/m0/s1. The van der Waals surface area contributed by atoms with Gasteiger partial charge >= 0.3 is 11.9 Å². The second kappa shape index (κ2) is 22.0. The van der Waals surface area contributed by atoms with Gasteiger partial charge < -0.3 is 14.2 Å². The van der Waals surface area contributed by atoms with E-state index in [4.69, 9.17) is 37.4 Å². The summed E-state index contributed by atoms with van der Waals surface area (Å²) < 4.78 is 16.3. The van der Waals surface area contributed by atoms with Crippen molar-refractivity contribution in [3.05, 3.63) is 52.0 Å². The summed E-state index contributed by atoms with van der Waals surface area (Å²) in [6, 6.07) is 9.70. The predicted molar refractivity (Wildman–Crippen MR) is 174 cm³/mol. The number of esters is 2. The summed E-state index contributed by atoms with van der Waals surface area (Å²) in [7, 11) is 0.